The molecule has 0 aliphatic heterocycles. The molecule has 0 amide bonds. The number of hydrogen-bond acceptors (Lipinski definition) is 2. The largest absolute Gasteiger partial charge is 0.392 e. The van der Waals surface area contributed by atoms with Gasteiger partial charge in [0.05, 0.1) is 12.2 Å². The molecule has 2 aliphatic rings. The number of hydrogen-bond donors (Lipinski definition) is 2. The zero-order valence-corrected chi connectivity index (χ0v) is 11.5. The topological polar surface area (TPSA) is 40.5 Å². The second-order valence-electron chi connectivity index (χ2n) is 6.62. The summed E-state index contributed by atoms with van der Waals surface area (Å²) >= 11 is 0. The van der Waals surface area contributed by atoms with Gasteiger partial charge in [0.1, 0.15) is 0 Å². The smallest absolute Gasteiger partial charge is 0.0642 e. The molecule has 2 nitrogen and oxygen atoms in total. The molecule has 0 saturated heterocycles. The minimum absolute atomic E-state index is 0.121. The maximum Gasteiger partial charge on any atom is 0.0642 e. The van der Waals surface area contributed by atoms with Crippen molar-refractivity contribution in [2.75, 3.05) is 0 Å². The molecule has 0 unspecified atom stereocenters. The van der Waals surface area contributed by atoms with E-state index in [9.17, 15) is 10.2 Å². The molecule has 2 aliphatic carbocycles. The van der Waals surface area contributed by atoms with Gasteiger partial charge in [-0.3, -0.25) is 0 Å². The van der Waals surface area contributed by atoms with Gasteiger partial charge in [0.2, 0.25) is 0 Å². The number of fused-ring (bicyclic) bond motifs is 1. The summed E-state index contributed by atoms with van der Waals surface area (Å²) in [6.45, 7) is 8.64. The first-order chi connectivity index (χ1) is 7.88. The predicted octanol–water partition coefficient (Wildman–Crippen LogP) is 2.75. The first-order valence-corrected chi connectivity index (χ1v) is 6.90. The molecule has 1 fully saturated rings. The Hall–Kier alpha value is -0.340. The molecule has 0 aromatic rings. The Morgan fingerprint density at radius 1 is 1.35 bits per heavy atom. The minimum Gasteiger partial charge on any atom is -0.392 e. The maximum atomic E-state index is 10.6. The Bertz CT molecular complexity index is 321. The lowest BCUT2D eigenvalue weighted by Gasteiger charge is -2.53. The Morgan fingerprint density at radius 2 is 2.00 bits per heavy atom. The van der Waals surface area contributed by atoms with E-state index in [4.69, 9.17) is 0 Å². The Balaban J connectivity index is 2.33. The van der Waals surface area contributed by atoms with Gasteiger partial charge in [-0.1, -0.05) is 32.4 Å². The highest BCUT2D eigenvalue weighted by atomic mass is 16.3. The van der Waals surface area contributed by atoms with Crippen molar-refractivity contribution >= 4 is 0 Å². The fourth-order valence-electron chi connectivity index (χ4n) is 4.03. The third-order valence-electron chi connectivity index (χ3n) is 5.28. The summed E-state index contributed by atoms with van der Waals surface area (Å²) < 4.78 is 0. The molecule has 5 atom stereocenters. The molecule has 17 heavy (non-hydrogen) atoms. The van der Waals surface area contributed by atoms with Gasteiger partial charge in [0.15, 0.2) is 0 Å². The van der Waals surface area contributed by atoms with Crippen LogP contribution in [-0.2, 0) is 0 Å². The van der Waals surface area contributed by atoms with Crippen LogP contribution in [0.15, 0.2) is 11.6 Å². The molecular formula is C15H26O2. The molecule has 0 radical (unpaired) electrons. The zero-order chi connectivity index (χ0) is 12.8. The molecule has 0 spiro atoms. The average molecular weight is 238 g/mol. The van der Waals surface area contributed by atoms with Gasteiger partial charge in [-0.2, -0.15) is 0 Å². The first kappa shape index (κ1) is 13.1. The Labute approximate surface area is 105 Å². The van der Waals surface area contributed by atoms with Gasteiger partial charge in [-0.05, 0) is 38.0 Å². The van der Waals surface area contributed by atoms with Crippen molar-refractivity contribution in [2.24, 2.45) is 23.2 Å². The van der Waals surface area contributed by atoms with E-state index in [-0.39, 0.29) is 23.5 Å². The summed E-state index contributed by atoms with van der Waals surface area (Å²) in [7, 11) is 0. The first-order valence-electron chi connectivity index (χ1n) is 6.90. The van der Waals surface area contributed by atoms with Crippen LogP contribution in [0, 0.1) is 23.2 Å². The standard InChI is InChI=1S/C15H26O2/c1-9(2)11-7-8-15(4)12(16)6-5-10(3)13(15)14(11)17/h5,9,11-14,16-17H,6-8H2,1-4H3/t11-,12-,13+,14-,15-/m0/s1. The van der Waals surface area contributed by atoms with Crippen molar-refractivity contribution in [3.8, 4) is 0 Å². The summed E-state index contributed by atoms with van der Waals surface area (Å²) in [6.07, 6.45) is 4.35. The van der Waals surface area contributed by atoms with Gasteiger partial charge in [-0.15, -0.1) is 0 Å². The third-order valence-corrected chi connectivity index (χ3v) is 5.28. The van der Waals surface area contributed by atoms with E-state index in [0.717, 1.165) is 19.3 Å². The SMILES string of the molecule is CC1=CC[C@H](O)[C@]2(C)CC[C@@H](C(C)C)[C@H](O)[C@@H]12. The van der Waals surface area contributed by atoms with Crippen LogP contribution < -0.4 is 0 Å². The quantitative estimate of drug-likeness (QED) is 0.690. The molecule has 0 aromatic heterocycles. The van der Waals surface area contributed by atoms with Crippen LogP contribution in [0.1, 0.15) is 47.0 Å². The molecular weight excluding hydrogens is 212 g/mol. The predicted molar refractivity (Wildman–Crippen MR) is 69.5 cm³/mol. The third kappa shape index (κ3) is 1.96. The van der Waals surface area contributed by atoms with E-state index in [0.29, 0.717) is 11.8 Å². The zero-order valence-electron chi connectivity index (χ0n) is 11.5. The average Bonchev–Trinajstić information content (AvgIpc) is 2.23. The second-order valence-corrected chi connectivity index (χ2v) is 6.62. The van der Waals surface area contributed by atoms with E-state index in [1.807, 2.05) is 0 Å². The van der Waals surface area contributed by atoms with Crippen LogP contribution in [0.3, 0.4) is 0 Å². The molecule has 0 bridgehead atoms. The van der Waals surface area contributed by atoms with Gasteiger partial charge in [0, 0.05) is 11.3 Å². The highest BCUT2D eigenvalue weighted by Crippen LogP contribution is 2.53. The van der Waals surface area contributed by atoms with Crippen LogP contribution in [0.5, 0.6) is 0 Å². The van der Waals surface area contributed by atoms with Crippen molar-refractivity contribution in [1.29, 1.82) is 0 Å². The van der Waals surface area contributed by atoms with Crippen molar-refractivity contribution in [3.05, 3.63) is 11.6 Å². The highest BCUT2D eigenvalue weighted by molar-refractivity contribution is 5.20. The summed E-state index contributed by atoms with van der Waals surface area (Å²) in [6, 6.07) is 0. The van der Waals surface area contributed by atoms with Crippen LogP contribution in [0.2, 0.25) is 0 Å². The van der Waals surface area contributed by atoms with E-state index in [2.05, 4.69) is 33.8 Å². The van der Waals surface area contributed by atoms with Crippen molar-refractivity contribution < 1.29 is 10.2 Å². The summed E-state index contributed by atoms with van der Waals surface area (Å²) in [5.41, 5.74) is 1.15. The number of aliphatic hydroxyl groups is 2. The van der Waals surface area contributed by atoms with Gasteiger partial charge < -0.3 is 10.2 Å². The maximum absolute atomic E-state index is 10.6. The Kier molecular flexibility index (Phi) is 3.39. The van der Waals surface area contributed by atoms with E-state index < -0.39 is 0 Å². The summed E-state index contributed by atoms with van der Waals surface area (Å²) in [5, 5.41) is 20.9. The summed E-state index contributed by atoms with van der Waals surface area (Å²) in [4.78, 5) is 0. The van der Waals surface area contributed by atoms with Gasteiger partial charge in [0.25, 0.3) is 0 Å². The number of rotatable bonds is 1. The second kappa shape index (κ2) is 4.40. The van der Waals surface area contributed by atoms with Crippen LogP contribution >= 0.6 is 0 Å². The molecule has 2 N–H and O–H groups in total. The molecule has 98 valence electrons. The van der Waals surface area contributed by atoms with E-state index in [1.165, 1.54) is 5.57 Å². The monoisotopic (exact) mass is 238 g/mol. The molecule has 0 heterocycles. The lowest BCUT2D eigenvalue weighted by Crippen LogP contribution is -2.53. The molecule has 0 aromatic carbocycles. The van der Waals surface area contributed by atoms with Gasteiger partial charge in [-0.25, -0.2) is 0 Å². The van der Waals surface area contributed by atoms with Crippen LogP contribution in [0.25, 0.3) is 0 Å². The lowest BCUT2D eigenvalue weighted by atomic mass is 9.54. The molecule has 2 rings (SSSR count). The van der Waals surface area contributed by atoms with Gasteiger partial charge >= 0.3 is 0 Å². The van der Waals surface area contributed by atoms with Crippen molar-refractivity contribution in [1.82, 2.24) is 0 Å². The van der Waals surface area contributed by atoms with Crippen molar-refractivity contribution in [3.63, 3.8) is 0 Å². The molecule has 1 saturated carbocycles. The summed E-state index contributed by atoms with van der Waals surface area (Å²) in [5.74, 6) is 1.04. The van der Waals surface area contributed by atoms with Crippen molar-refractivity contribution in [2.45, 2.75) is 59.2 Å². The Morgan fingerprint density at radius 3 is 2.59 bits per heavy atom. The fourth-order valence-corrected chi connectivity index (χ4v) is 4.03. The van der Waals surface area contributed by atoms with Crippen LogP contribution in [0.4, 0.5) is 0 Å². The fraction of sp³-hybridized carbons (Fsp3) is 0.867. The molecule has 2 heteroatoms. The van der Waals surface area contributed by atoms with E-state index in [1.54, 1.807) is 0 Å². The lowest BCUT2D eigenvalue weighted by molar-refractivity contribution is -0.111. The highest BCUT2D eigenvalue weighted by Gasteiger charge is 2.51. The normalized spacial score (nSPS) is 46.6. The van der Waals surface area contributed by atoms with Crippen LogP contribution in [-0.4, -0.2) is 22.4 Å². The van der Waals surface area contributed by atoms with E-state index >= 15 is 0 Å². The number of aliphatic hydroxyl groups excluding tert-OH is 2. The minimum atomic E-state index is -0.293.